The van der Waals surface area contributed by atoms with Gasteiger partial charge in [0.1, 0.15) is 18.5 Å². The molecule has 1 fully saturated rings. The van der Waals surface area contributed by atoms with Crippen molar-refractivity contribution in [3.63, 3.8) is 0 Å². The zero-order valence-corrected chi connectivity index (χ0v) is 8.50. The first kappa shape index (κ1) is 10.7. The monoisotopic (exact) mass is 227 g/mol. The van der Waals surface area contributed by atoms with E-state index in [2.05, 4.69) is 9.97 Å². The predicted octanol–water partition coefficient (Wildman–Crippen LogP) is 0.322. The first-order chi connectivity index (χ1) is 7.59. The summed E-state index contributed by atoms with van der Waals surface area (Å²) in [5, 5.41) is 9.46. The molecule has 1 aliphatic rings. The zero-order valence-electron chi connectivity index (χ0n) is 8.50. The van der Waals surface area contributed by atoms with Gasteiger partial charge in [-0.3, -0.25) is 4.90 Å². The van der Waals surface area contributed by atoms with Crippen LogP contribution in [0, 0.1) is 6.08 Å². The first-order valence-corrected chi connectivity index (χ1v) is 4.72. The Kier molecular flexibility index (Phi) is 2.69. The normalized spacial score (nSPS) is 22.1. The summed E-state index contributed by atoms with van der Waals surface area (Å²) in [7, 11) is 0. The molecule has 1 aliphatic heterocycles. The Balaban J connectivity index is 2.33. The molecule has 0 saturated carbocycles. The van der Waals surface area contributed by atoms with Gasteiger partial charge in [-0.2, -0.15) is 9.37 Å². The van der Waals surface area contributed by atoms with Gasteiger partial charge < -0.3 is 9.84 Å². The second kappa shape index (κ2) is 4.01. The summed E-state index contributed by atoms with van der Waals surface area (Å²) < 4.78 is 17.6. The van der Waals surface area contributed by atoms with Gasteiger partial charge in [-0.1, -0.05) is 0 Å². The molecule has 2 atom stereocenters. The Labute approximate surface area is 90.7 Å². The maximum atomic E-state index is 12.8. The fourth-order valence-corrected chi connectivity index (χ4v) is 1.51. The average Bonchev–Trinajstić information content (AvgIpc) is 2.60. The summed E-state index contributed by atoms with van der Waals surface area (Å²) in [5.41, 5.74) is 0. The third-order valence-corrected chi connectivity index (χ3v) is 2.32. The summed E-state index contributed by atoms with van der Waals surface area (Å²) in [6.07, 6.45) is -1.17. The van der Waals surface area contributed by atoms with E-state index in [9.17, 15) is 14.3 Å². The molecule has 16 heavy (non-hydrogen) atoms. The van der Waals surface area contributed by atoms with Gasteiger partial charge in [0.05, 0.1) is 6.10 Å². The van der Waals surface area contributed by atoms with Gasteiger partial charge in [0, 0.05) is 6.20 Å². The number of aliphatic hydroxyl groups excluding tert-OH is 1. The number of amides is 1. The molecular weight excluding hydrogens is 217 g/mol. The summed E-state index contributed by atoms with van der Waals surface area (Å²) in [6, 6.07) is 0.826. The van der Waals surface area contributed by atoms with Gasteiger partial charge in [-0.25, -0.2) is 9.78 Å². The number of aromatic nitrogens is 2. The minimum absolute atomic E-state index is 0.0577. The van der Waals surface area contributed by atoms with Crippen molar-refractivity contribution in [2.75, 3.05) is 11.5 Å². The van der Waals surface area contributed by atoms with E-state index in [0.717, 1.165) is 4.90 Å². The Hall–Kier alpha value is -1.76. The first-order valence-electron chi connectivity index (χ1n) is 4.72. The van der Waals surface area contributed by atoms with Gasteiger partial charge in [-0.15, -0.1) is 0 Å². The lowest BCUT2D eigenvalue weighted by Crippen LogP contribution is -2.41. The van der Waals surface area contributed by atoms with Crippen LogP contribution in [-0.2, 0) is 4.74 Å². The third-order valence-electron chi connectivity index (χ3n) is 2.32. The molecule has 0 aliphatic carbocycles. The number of hydrogen-bond donors (Lipinski definition) is 1. The molecule has 6 nitrogen and oxygen atoms in total. The van der Waals surface area contributed by atoms with Gasteiger partial charge in [0.25, 0.3) is 0 Å². The fourth-order valence-electron chi connectivity index (χ4n) is 1.51. The standard InChI is InChI=1S/C9H10FN3O3/c1-5(14)6-4-16-9(15)13(6)7-2-3-11-8(10)12-7/h2-3,5-6,14H,4H2,1H3/t5-,6?/m0/s1. The smallest absolute Gasteiger partial charge is 0.416 e. The molecule has 0 bridgehead atoms. The number of anilines is 1. The van der Waals surface area contributed by atoms with Crippen molar-refractivity contribution in [2.45, 2.75) is 19.1 Å². The molecule has 2 rings (SSSR count). The minimum atomic E-state index is -0.929. The highest BCUT2D eigenvalue weighted by atomic mass is 19.1. The van der Waals surface area contributed by atoms with Crippen LogP contribution in [0.3, 0.4) is 0 Å². The number of hydrogen-bond acceptors (Lipinski definition) is 5. The van der Waals surface area contributed by atoms with E-state index in [4.69, 9.17) is 4.74 Å². The van der Waals surface area contributed by atoms with Crippen LogP contribution in [0.1, 0.15) is 6.92 Å². The van der Waals surface area contributed by atoms with Crippen molar-refractivity contribution < 1.29 is 19.0 Å². The SMILES string of the molecule is C[C@H](O)C1COC(=O)N1c1ccnc(F)n1. The van der Waals surface area contributed by atoms with E-state index in [-0.39, 0.29) is 12.4 Å². The molecule has 2 heterocycles. The van der Waals surface area contributed by atoms with E-state index >= 15 is 0 Å². The van der Waals surface area contributed by atoms with Gasteiger partial charge in [0.2, 0.25) is 0 Å². The van der Waals surface area contributed by atoms with Crippen LogP contribution in [0.2, 0.25) is 0 Å². The van der Waals surface area contributed by atoms with Crippen LogP contribution in [0.15, 0.2) is 12.3 Å². The lowest BCUT2D eigenvalue weighted by molar-refractivity contribution is 0.142. The molecule has 1 N–H and O–H groups in total. The molecule has 0 aromatic carbocycles. The summed E-state index contributed by atoms with van der Waals surface area (Å²) >= 11 is 0. The molecule has 86 valence electrons. The molecule has 1 saturated heterocycles. The average molecular weight is 227 g/mol. The van der Waals surface area contributed by atoms with Gasteiger partial charge >= 0.3 is 12.2 Å². The molecule has 0 spiro atoms. The number of halogens is 1. The van der Waals surface area contributed by atoms with E-state index in [1.54, 1.807) is 0 Å². The second-order valence-electron chi connectivity index (χ2n) is 3.44. The number of cyclic esters (lactones) is 1. The Morgan fingerprint density at radius 2 is 2.50 bits per heavy atom. The van der Waals surface area contributed by atoms with Crippen LogP contribution in [0.25, 0.3) is 0 Å². The molecule has 1 aromatic heterocycles. The minimum Gasteiger partial charge on any atom is -0.447 e. The Morgan fingerprint density at radius 1 is 1.75 bits per heavy atom. The van der Waals surface area contributed by atoms with Crippen molar-refractivity contribution in [1.82, 2.24) is 9.97 Å². The number of carbonyl (C=O) groups is 1. The van der Waals surface area contributed by atoms with E-state index in [0.29, 0.717) is 0 Å². The number of aliphatic hydroxyl groups is 1. The van der Waals surface area contributed by atoms with Crippen molar-refractivity contribution in [2.24, 2.45) is 0 Å². The van der Waals surface area contributed by atoms with Crippen LogP contribution in [-0.4, -0.2) is 39.9 Å². The molecule has 1 unspecified atom stereocenters. The Morgan fingerprint density at radius 3 is 3.12 bits per heavy atom. The van der Waals surface area contributed by atoms with Crippen molar-refractivity contribution in [1.29, 1.82) is 0 Å². The lowest BCUT2D eigenvalue weighted by Gasteiger charge is -2.21. The topological polar surface area (TPSA) is 75.6 Å². The number of nitrogens with zero attached hydrogens (tertiary/aromatic N) is 3. The van der Waals surface area contributed by atoms with Crippen LogP contribution in [0.4, 0.5) is 15.0 Å². The number of carbonyl (C=O) groups excluding carboxylic acids is 1. The Bertz CT molecular complexity index is 413. The van der Waals surface area contributed by atoms with Crippen molar-refractivity contribution >= 4 is 11.9 Å². The highest BCUT2D eigenvalue weighted by Gasteiger charge is 2.38. The second-order valence-corrected chi connectivity index (χ2v) is 3.44. The summed E-state index contributed by atoms with van der Waals surface area (Å²) in [5.74, 6) is 0.0842. The van der Waals surface area contributed by atoms with Gasteiger partial charge in [0.15, 0.2) is 0 Å². The van der Waals surface area contributed by atoms with Crippen LogP contribution >= 0.6 is 0 Å². The number of rotatable bonds is 2. The predicted molar refractivity (Wildman–Crippen MR) is 51.3 cm³/mol. The van der Waals surface area contributed by atoms with E-state index in [1.165, 1.54) is 19.2 Å². The quantitative estimate of drug-likeness (QED) is 0.736. The lowest BCUT2D eigenvalue weighted by atomic mass is 10.2. The molecular formula is C9H10FN3O3. The maximum Gasteiger partial charge on any atom is 0.416 e. The largest absolute Gasteiger partial charge is 0.447 e. The summed E-state index contributed by atoms with van der Waals surface area (Å²) in [4.78, 5) is 19.3. The number of ether oxygens (including phenoxy) is 1. The van der Waals surface area contributed by atoms with Crippen LogP contribution in [0.5, 0.6) is 0 Å². The van der Waals surface area contributed by atoms with Crippen LogP contribution < -0.4 is 4.90 Å². The highest BCUT2D eigenvalue weighted by Crippen LogP contribution is 2.22. The maximum absolute atomic E-state index is 12.8. The van der Waals surface area contributed by atoms with Crippen molar-refractivity contribution in [3.8, 4) is 0 Å². The molecule has 0 radical (unpaired) electrons. The van der Waals surface area contributed by atoms with E-state index < -0.39 is 24.3 Å². The molecule has 1 aromatic rings. The highest BCUT2D eigenvalue weighted by molar-refractivity contribution is 5.89. The summed E-state index contributed by atoms with van der Waals surface area (Å²) in [6.45, 7) is 1.58. The fraction of sp³-hybridized carbons (Fsp3) is 0.444. The van der Waals surface area contributed by atoms with Gasteiger partial charge in [-0.05, 0) is 13.0 Å². The molecule has 7 heteroatoms. The van der Waals surface area contributed by atoms with E-state index in [1.807, 2.05) is 0 Å². The third kappa shape index (κ3) is 1.81. The van der Waals surface area contributed by atoms with Crippen molar-refractivity contribution in [3.05, 3.63) is 18.3 Å². The molecule has 1 amide bonds. The zero-order chi connectivity index (χ0) is 11.7.